The van der Waals surface area contributed by atoms with Crippen molar-refractivity contribution in [2.75, 3.05) is 12.8 Å². The summed E-state index contributed by atoms with van der Waals surface area (Å²) in [5.74, 6) is 0.175. The first-order valence-corrected chi connectivity index (χ1v) is 8.61. The first kappa shape index (κ1) is 16.1. The quantitative estimate of drug-likeness (QED) is 0.702. The second-order valence-electron chi connectivity index (χ2n) is 5.58. The fourth-order valence-corrected chi connectivity index (χ4v) is 4.19. The molecule has 0 spiro atoms. The maximum absolute atomic E-state index is 13.1. The van der Waals surface area contributed by atoms with Crippen molar-refractivity contribution >= 4 is 26.7 Å². The van der Waals surface area contributed by atoms with Gasteiger partial charge in [-0.05, 0) is 49.2 Å². The van der Waals surface area contributed by atoms with Crippen LogP contribution in [0.15, 0.2) is 40.0 Å². The lowest BCUT2D eigenvalue weighted by Crippen LogP contribution is -2.25. The van der Waals surface area contributed by atoms with Gasteiger partial charge in [0, 0.05) is 5.69 Å². The molecule has 2 aromatic carbocycles. The highest BCUT2D eigenvalue weighted by atomic mass is 32.2. The largest absolute Gasteiger partial charge is 0.495 e. The third-order valence-corrected chi connectivity index (χ3v) is 5.58. The SMILES string of the molecule is COc1ccc(C)cc1S(=O)(=O)n1c(=O)[nH]c2cc(N)c(C)cc21. The van der Waals surface area contributed by atoms with Crippen LogP contribution in [-0.2, 0) is 10.0 Å². The molecule has 8 heteroatoms. The van der Waals surface area contributed by atoms with Crippen LogP contribution in [0.3, 0.4) is 0 Å². The fourth-order valence-electron chi connectivity index (χ4n) is 2.58. The van der Waals surface area contributed by atoms with Gasteiger partial charge in [-0.3, -0.25) is 0 Å². The Bertz CT molecular complexity index is 1110. The van der Waals surface area contributed by atoms with Crippen molar-refractivity contribution in [1.29, 1.82) is 0 Å². The molecule has 0 aliphatic rings. The van der Waals surface area contributed by atoms with Gasteiger partial charge in [0.1, 0.15) is 10.6 Å². The number of hydrogen-bond acceptors (Lipinski definition) is 5. The molecule has 0 bridgehead atoms. The van der Waals surface area contributed by atoms with Gasteiger partial charge in [-0.1, -0.05) is 6.07 Å². The molecule has 3 N–H and O–H groups in total. The van der Waals surface area contributed by atoms with E-state index in [1.807, 2.05) is 0 Å². The molecule has 0 saturated heterocycles. The highest BCUT2D eigenvalue weighted by Crippen LogP contribution is 2.28. The molecule has 3 aromatic rings. The van der Waals surface area contributed by atoms with E-state index in [1.54, 1.807) is 38.1 Å². The molecule has 126 valence electrons. The Morgan fingerprint density at radius 3 is 2.54 bits per heavy atom. The van der Waals surface area contributed by atoms with E-state index in [2.05, 4.69) is 4.98 Å². The van der Waals surface area contributed by atoms with Crippen LogP contribution in [0.25, 0.3) is 11.0 Å². The zero-order chi connectivity index (χ0) is 17.6. The molecule has 1 heterocycles. The van der Waals surface area contributed by atoms with E-state index in [0.29, 0.717) is 16.8 Å². The number of rotatable bonds is 3. The zero-order valence-electron chi connectivity index (χ0n) is 13.5. The van der Waals surface area contributed by atoms with Gasteiger partial charge < -0.3 is 15.5 Å². The van der Waals surface area contributed by atoms with Crippen LogP contribution in [0.1, 0.15) is 11.1 Å². The van der Waals surface area contributed by atoms with Gasteiger partial charge in [0.2, 0.25) is 0 Å². The number of nitrogens with two attached hydrogens (primary N) is 1. The Morgan fingerprint density at radius 1 is 1.17 bits per heavy atom. The normalized spacial score (nSPS) is 11.8. The summed E-state index contributed by atoms with van der Waals surface area (Å²) in [6, 6.07) is 7.89. The molecule has 0 unspecified atom stereocenters. The highest BCUT2D eigenvalue weighted by Gasteiger charge is 2.26. The van der Waals surface area contributed by atoms with Gasteiger partial charge in [0.25, 0.3) is 10.0 Å². The fraction of sp³-hybridized carbons (Fsp3) is 0.188. The Kier molecular flexibility index (Phi) is 3.64. The van der Waals surface area contributed by atoms with Crippen LogP contribution in [0, 0.1) is 13.8 Å². The van der Waals surface area contributed by atoms with Crippen molar-refractivity contribution < 1.29 is 13.2 Å². The highest BCUT2D eigenvalue weighted by molar-refractivity contribution is 7.90. The van der Waals surface area contributed by atoms with Crippen molar-refractivity contribution in [3.63, 3.8) is 0 Å². The van der Waals surface area contributed by atoms with Crippen molar-refractivity contribution in [3.8, 4) is 5.75 Å². The minimum absolute atomic E-state index is 0.0671. The zero-order valence-corrected chi connectivity index (χ0v) is 14.3. The van der Waals surface area contributed by atoms with E-state index in [9.17, 15) is 13.2 Å². The third-order valence-electron chi connectivity index (χ3n) is 3.87. The topological polar surface area (TPSA) is 107 Å². The number of nitrogen functional groups attached to an aromatic ring is 1. The second-order valence-corrected chi connectivity index (χ2v) is 7.33. The van der Waals surface area contributed by atoms with Gasteiger partial charge in [0.15, 0.2) is 0 Å². The maximum Gasteiger partial charge on any atom is 0.340 e. The van der Waals surface area contributed by atoms with Crippen molar-refractivity contribution in [1.82, 2.24) is 8.96 Å². The number of aromatic amines is 1. The van der Waals surface area contributed by atoms with Crippen molar-refractivity contribution in [2.24, 2.45) is 0 Å². The van der Waals surface area contributed by atoms with Gasteiger partial charge >= 0.3 is 5.69 Å². The van der Waals surface area contributed by atoms with Crippen LogP contribution in [0.2, 0.25) is 0 Å². The lowest BCUT2D eigenvalue weighted by atomic mass is 10.2. The molecule has 0 aliphatic carbocycles. The van der Waals surface area contributed by atoms with Crippen molar-refractivity contribution in [3.05, 3.63) is 51.9 Å². The number of imidazole rings is 1. The van der Waals surface area contributed by atoms with E-state index in [-0.39, 0.29) is 16.2 Å². The molecule has 0 saturated carbocycles. The predicted molar refractivity (Wildman–Crippen MR) is 92.0 cm³/mol. The lowest BCUT2D eigenvalue weighted by molar-refractivity contribution is 0.402. The Labute approximate surface area is 138 Å². The number of methoxy groups -OCH3 is 1. The van der Waals surface area contributed by atoms with E-state index >= 15 is 0 Å². The molecular weight excluding hydrogens is 330 g/mol. The molecule has 0 aliphatic heterocycles. The third kappa shape index (κ3) is 2.35. The number of aromatic nitrogens is 2. The molecule has 3 rings (SSSR count). The summed E-state index contributed by atoms with van der Waals surface area (Å²) in [4.78, 5) is 14.8. The first-order chi connectivity index (χ1) is 11.3. The molecule has 0 radical (unpaired) electrons. The molecule has 0 amide bonds. The van der Waals surface area contributed by atoms with Crippen LogP contribution >= 0.6 is 0 Å². The Morgan fingerprint density at radius 2 is 1.88 bits per heavy atom. The predicted octanol–water partition coefficient (Wildman–Crippen LogP) is 1.77. The standard InChI is InChI=1S/C16H17N3O4S/c1-9-4-5-14(23-3)15(6-9)24(21,22)19-13-7-10(2)11(17)8-12(13)18-16(19)20/h4-8H,17H2,1-3H3,(H,18,20). The average molecular weight is 347 g/mol. The summed E-state index contributed by atoms with van der Waals surface area (Å²) in [5.41, 5.74) is 7.58. The molecule has 0 atom stereocenters. The molecular formula is C16H17N3O4S. The lowest BCUT2D eigenvalue weighted by Gasteiger charge is -2.11. The first-order valence-electron chi connectivity index (χ1n) is 7.17. The van der Waals surface area contributed by atoms with Crippen LogP contribution in [0.4, 0.5) is 5.69 Å². The number of ether oxygens (including phenoxy) is 1. The number of nitrogens with one attached hydrogen (secondary N) is 1. The Hall–Kier alpha value is -2.74. The summed E-state index contributed by atoms with van der Waals surface area (Å²) in [6.07, 6.45) is 0. The number of anilines is 1. The van der Waals surface area contributed by atoms with Crippen LogP contribution < -0.4 is 16.2 Å². The van der Waals surface area contributed by atoms with Gasteiger partial charge in [-0.2, -0.15) is 3.97 Å². The van der Waals surface area contributed by atoms with Gasteiger partial charge in [-0.15, -0.1) is 0 Å². The maximum atomic E-state index is 13.1. The summed E-state index contributed by atoms with van der Waals surface area (Å²) in [5, 5.41) is 0. The molecule has 24 heavy (non-hydrogen) atoms. The number of benzene rings is 2. The number of fused-ring (bicyclic) bond motifs is 1. The van der Waals surface area contributed by atoms with Crippen LogP contribution in [-0.4, -0.2) is 24.5 Å². The molecule has 0 fully saturated rings. The van der Waals surface area contributed by atoms with E-state index in [4.69, 9.17) is 10.5 Å². The monoisotopic (exact) mass is 347 g/mol. The van der Waals surface area contributed by atoms with E-state index in [0.717, 1.165) is 9.54 Å². The number of H-pyrrole nitrogens is 1. The Balaban J connectivity index is 2.39. The van der Waals surface area contributed by atoms with Gasteiger partial charge in [0.05, 0.1) is 18.1 Å². The van der Waals surface area contributed by atoms with Gasteiger partial charge in [-0.25, -0.2) is 13.2 Å². The summed E-state index contributed by atoms with van der Waals surface area (Å²) in [6.45, 7) is 3.51. The second kappa shape index (κ2) is 5.41. The van der Waals surface area contributed by atoms with E-state index in [1.165, 1.54) is 13.2 Å². The number of hydrogen-bond donors (Lipinski definition) is 2. The number of nitrogens with zero attached hydrogens (tertiary/aromatic N) is 1. The minimum atomic E-state index is -4.14. The summed E-state index contributed by atoms with van der Waals surface area (Å²) in [7, 11) is -2.76. The minimum Gasteiger partial charge on any atom is -0.495 e. The molecule has 1 aromatic heterocycles. The van der Waals surface area contributed by atoms with E-state index < -0.39 is 15.7 Å². The number of aryl methyl sites for hydroxylation is 2. The summed E-state index contributed by atoms with van der Waals surface area (Å²) >= 11 is 0. The smallest absolute Gasteiger partial charge is 0.340 e. The van der Waals surface area contributed by atoms with Crippen LogP contribution in [0.5, 0.6) is 5.75 Å². The van der Waals surface area contributed by atoms with Crippen molar-refractivity contribution in [2.45, 2.75) is 18.7 Å². The average Bonchev–Trinajstić information content (AvgIpc) is 2.83. The molecule has 7 nitrogen and oxygen atoms in total. The summed E-state index contributed by atoms with van der Waals surface area (Å²) < 4.78 is 32.1.